The number of carbonyl (C=O) groups excluding carboxylic acids is 1. The molecule has 0 radical (unpaired) electrons. The number of halogens is 1. The highest BCUT2D eigenvalue weighted by Crippen LogP contribution is 2.23. The van der Waals surface area contributed by atoms with E-state index in [1.54, 1.807) is 31.3 Å². The lowest BCUT2D eigenvalue weighted by Crippen LogP contribution is -2.28. The highest BCUT2D eigenvalue weighted by atomic mass is 35.5. The highest BCUT2D eigenvalue weighted by molar-refractivity contribution is 6.31. The third-order valence-electron chi connectivity index (χ3n) is 4.11. The third-order valence-corrected chi connectivity index (χ3v) is 4.51. The van der Waals surface area contributed by atoms with E-state index in [9.17, 15) is 14.9 Å². The number of nitro benzene ring substituents is 1. The summed E-state index contributed by atoms with van der Waals surface area (Å²) in [6.07, 6.45) is 3.17. The van der Waals surface area contributed by atoms with Crippen molar-refractivity contribution in [1.82, 2.24) is 4.90 Å². The average Bonchev–Trinajstić information content (AvgIpc) is 2.61. The van der Waals surface area contributed by atoms with Crippen LogP contribution in [0.5, 0.6) is 0 Å². The molecule has 0 bridgehead atoms. The van der Waals surface area contributed by atoms with Crippen molar-refractivity contribution in [2.45, 2.75) is 19.9 Å². The Kier molecular flexibility index (Phi) is 5.93. The summed E-state index contributed by atoms with van der Waals surface area (Å²) in [7, 11) is 1.66. The molecule has 0 aromatic heterocycles. The van der Waals surface area contributed by atoms with Gasteiger partial charge >= 0.3 is 0 Å². The minimum absolute atomic E-state index is 0.00929. The van der Waals surface area contributed by atoms with Crippen molar-refractivity contribution in [3.63, 3.8) is 0 Å². The van der Waals surface area contributed by atoms with Crippen LogP contribution >= 0.6 is 11.6 Å². The topological polar surface area (TPSA) is 63.5 Å². The van der Waals surface area contributed by atoms with E-state index in [4.69, 9.17) is 11.6 Å². The fraction of sp³-hybridized carbons (Fsp3) is 0.211. The molecule has 0 heterocycles. The van der Waals surface area contributed by atoms with Gasteiger partial charge in [-0.2, -0.15) is 0 Å². The van der Waals surface area contributed by atoms with Crippen LogP contribution in [-0.4, -0.2) is 22.8 Å². The Morgan fingerprint density at radius 2 is 2.00 bits per heavy atom. The molecule has 6 heteroatoms. The van der Waals surface area contributed by atoms with E-state index in [1.165, 1.54) is 23.1 Å². The summed E-state index contributed by atoms with van der Waals surface area (Å²) < 4.78 is 0. The van der Waals surface area contributed by atoms with Gasteiger partial charge in [0.1, 0.15) is 0 Å². The predicted octanol–water partition coefficient (Wildman–Crippen LogP) is 4.79. The second-order valence-corrected chi connectivity index (χ2v) is 6.23. The number of non-ortho nitro benzene ring substituents is 1. The minimum Gasteiger partial charge on any atom is -0.335 e. The van der Waals surface area contributed by atoms with Crippen LogP contribution in [0.25, 0.3) is 6.08 Å². The number of hydrogen-bond donors (Lipinski definition) is 0. The number of amides is 1. The Morgan fingerprint density at radius 3 is 2.64 bits per heavy atom. The molecule has 5 nitrogen and oxygen atoms in total. The Balaban J connectivity index is 2.13. The third kappa shape index (κ3) is 4.67. The van der Waals surface area contributed by atoms with Crippen LogP contribution in [0.4, 0.5) is 5.69 Å². The molecular weight excluding hydrogens is 340 g/mol. The van der Waals surface area contributed by atoms with Crippen LogP contribution in [0.15, 0.2) is 48.5 Å². The van der Waals surface area contributed by atoms with Crippen molar-refractivity contribution in [2.75, 3.05) is 7.05 Å². The number of likely N-dealkylation sites (N-methyl/N-ethyl adjacent to an activating group) is 1. The Bertz CT molecular complexity index is 833. The zero-order chi connectivity index (χ0) is 18.6. The molecule has 2 aromatic rings. The number of nitrogens with zero attached hydrogens (tertiary/aromatic N) is 2. The molecule has 0 unspecified atom stereocenters. The number of aryl methyl sites for hydroxylation is 1. The molecule has 2 aromatic carbocycles. The standard InChI is InChI=1S/C19H19ClN2O3/c1-13-7-8-15(11-18(13)20)9-10-19(23)21(3)14(2)16-5-4-6-17(12-16)22(24)25/h4-12,14H,1-3H3/b10-9+/t14-/m1/s1. The molecule has 0 saturated heterocycles. The molecule has 0 fully saturated rings. The van der Waals surface area contributed by atoms with Crippen molar-refractivity contribution in [3.8, 4) is 0 Å². The van der Waals surface area contributed by atoms with E-state index in [0.29, 0.717) is 10.6 Å². The van der Waals surface area contributed by atoms with Gasteiger partial charge in [0.25, 0.3) is 5.69 Å². The van der Waals surface area contributed by atoms with Crippen LogP contribution in [0.2, 0.25) is 5.02 Å². The molecule has 25 heavy (non-hydrogen) atoms. The summed E-state index contributed by atoms with van der Waals surface area (Å²) in [5, 5.41) is 11.5. The van der Waals surface area contributed by atoms with E-state index < -0.39 is 4.92 Å². The maximum absolute atomic E-state index is 12.4. The number of benzene rings is 2. The highest BCUT2D eigenvalue weighted by Gasteiger charge is 2.17. The lowest BCUT2D eigenvalue weighted by atomic mass is 10.1. The maximum Gasteiger partial charge on any atom is 0.269 e. The van der Waals surface area contributed by atoms with E-state index >= 15 is 0 Å². The van der Waals surface area contributed by atoms with Gasteiger partial charge in [0.2, 0.25) is 5.91 Å². The Labute approximate surface area is 151 Å². The van der Waals surface area contributed by atoms with Crippen molar-refractivity contribution < 1.29 is 9.72 Å². The number of rotatable bonds is 5. The van der Waals surface area contributed by atoms with Gasteiger partial charge in [-0.15, -0.1) is 0 Å². The Morgan fingerprint density at radius 1 is 1.28 bits per heavy atom. The summed E-state index contributed by atoms with van der Waals surface area (Å²) in [6.45, 7) is 3.74. The monoisotopic (exact) mass is 358 g/mol. The lowest BCUT2D eigenvalue weighted by molar-refractivity contribution is -0.384. The van der Waals surface area contributed by atoms with Crippen LogP contribution in [0.3, 0.4) is 0 Å². The first kappa shape index (κ1) is 18.7. The fourth-order valence-corrected chi connectivity index (χ4v) is 2.50. The predicted molar refractivity (Wildman–Crippen MR) is 99.5 cm³/mol. The molecule has 0 saturated carbocycles. The van der Waals surface area contributed by atoms with Gasteiger partial charge < -0.3 is 4.90 Å². The SMILES string of the molecule is Cc1ccc(/C=C/C(=O)N(C)[C@H](C)c2cccc([N+](=O)[O-])c2)cc1Cl. The molecule has 1 amide bonds. The van der Waals surface area contributed by atoms with Gasteiger partial charge in [0.15, 0.2) is 0 Å². The first-order valence-electron chi connectivity index (χ1n) is 7.75. The smallest absolute Gasteiger partial charge is 0.269 e. The van der Waals surface area contributed by atoms with Crippen molar-refractivity contribution in [1.29, 1.82) is 0 Å². The second-order valence-electron chi connectivity index (χ2n) is 5.82. The second kappa shape index (κ2) is 7.94. The zero-order valence-corrected chi connectivity index (χ0v) is 15.0. The molecule has 0 spiro atoms. The maximum atomic E-state index is 12.4. The van der Waals surface area contributed by atoms with Crippen molar-refractivity contribution in [2.24, 2.45) is 0 Å². The van der Waals surface area contributed by atoms with Gasteiger partial charge in [-0.3, -0.25) is 14.9 Å². The van der Waals surface area contributed by atoms with Crippen molar-refractivity contribution >= 4 is 29.3 Å². The first-order valence-corrected chi connectivity index (χ1v) is 8.12. The summed E-state index contributed by atoms with van der Waals surface area (Å²) in [5.74, 6) is -0.198. The van der Waals surface area contributed by atoms with Crippen LogP contribution in [-0.2, 0) is 4.79 Å². The van der Waals surface area contributed by atoms with Gasteiger partial charge in [0.05, 0.1) is 11.0 Å². The molecule has 0 N–H and O–H groups in total. The average molecular weight is 359 g/mol. The van der Waals surface area contributed by atoms with E-state index in [-0.39, 0.29) is 17.6 Å². The van der Waals surface area contributed by atoms with E-state index in [1.807, 2.05) is 26.0 Å². The summed E-state index contributed by atoms with van der Waals surface area (Å²) >= 11 is 6.08. The quantitative estimate of drug-likeness (QED) is 0.438. The van der Waals surface area contributed by atoms with Gasteiger partial charge in [-0.1, -0.05) is 35.9 Å². The lowest BCUT2D eigenvalue weighted by Gasteiger charge is -2.24. The van der Waals surface area contributed by atoms with Crippen LogP contribution in [0.1, 0.15) is 29.7 Å². The summed E-state index contributed by atoms with van der Waals surface area (Å²) in [4.78, 5) is 24.4. The summed E-state index contributed by atoms with van der Waals surface area (Å²) in [5.41, 5.74) is 2.52. The Hall–Kier alpha value is -2.66. The van der Waals surface area contributed by atoms with E-state index in [0.717, 1.165) is 11.1 Å². The van der Waals surface area contributed by atoms with Gasteiger partial charge in [-0.05, 0) is 42.7 Å². The van der Waals surface area contributed by atoms with Gasteiger partial charge in [-0.25, -0.2) is 0 Å². The number of nitro groups is 1. The number of carbonyl (C=O) groups is 1. The van der Waals surface area contributed by atoms with Crippen LogP contribution < -0.4 is 0 Å². The molecule has 0 aliphatic rings. The minimum atomic E-state index is -0.445. The fourth-order valence-electron chi connectivity index (χ4n) is 2.31. The zero-order valence-electron chi connectivity index (χ0n) is 14.3. The summed E-state index contributed by atoms with van der Waals surface area (Å²) in [6, 6.07) is 11.6. The first-order chi connectivity index (χ1) is 11.8. The van der Waals surface area contributed by atoms with Gasteiger partial charge in [0, 0.05) is 30.3 Å². The molecule has 1 atom stereocenters. The molecule has 0 aliphatic carbocycles. The molecule has 2 rings (SSSR count). The van der Waals surface area contributed by atoms with Crippen LogP contribution in [0, 0.1) is 17.0 Å². The molecule has 0 aliphatic heterocycles. The normalized spacial score (nSPS) is 12.2. The van der Waals surface area contributed by atoms with Crippen molar-refractivity contribution in [3.05, 3.63) is 80.4 Å². The van der Waals surface area contributed by atoms with E-state index in [2.05, 4.69) is 0 Å². The molecular formula is C19H19ClN2O3. The largest absolute Gasteiger partial charge is 0.335 e. The molecule has 130 valence electrons. The number of hydrogen-bond acceptors (Lipinski definition) is 3.